The normalized spacial score (nSPS) is 10.4. The van der Waals surface area contributed by atoms with Crippen LogP contribution in [0.2, 0.25) is 10.0 Å². The van der Waals surface area contributed by atoms with Crippen LogP contribution in [0.4, 0.5) is 0 Å². The van der Waals surface area contributed by atoms with Gasteiger partial charge in [-0.25, -0.2) is 4.68 Å². The molecule has 0 aliphatic heterocycles. The summed E-state index contributed by atoms with van der Waals surface area (Å²) in [6, 6.07) is 13.8. The van der Waals surface area contributed by atoms with Gasteiger partial charge in [0.2, 0.25) is 0 Å². The maximum atomic E-state index is 12.2. The van der Waals surface area contributed by atoms with E-state index in [0.717, 1.165) is 0 Å². The smallest absolute Gasteiger partial charge is 0.254 e. The molecular weight excluding hydrogens is 387 g/mol. The standard InChI is InChI=1S/C19H16Cl2N4O2/c20-15-7-5-13(6-8-15)18(26)22-9-10-23-19(27)14-11-24-25(12-14)17-4-2-1-3-16(17)21/h1-8,11-12H,9-10H2,(H,22,26)(H,23,27). The average molecular weight is 403 g/mol. The summed E-state index contributed by atoms with van der Waals surface area (Å²) in [5, 5.41) is 10.7. The monoisotopic (exact) mass is 402 g/mol. The first kappa shape index (κ1) is 18.9. The molecule has 1 heterocycles. The lowest BCUT2D eigenvalue weighted by molar-refractivity contribution is 0.0927. The van der Waals surface area contributed by atoms with Gasteiger partial charge in [-0.1, -0.05) is 35.3 Å². The maximum Gasteiger partial charge on any atom is 0.254 e. The molecule has 1 aromatic heterocycles. The predicted octanol–water partition coefficient (Wildman–Crippen LogP) is 3.34. The molecule has 3 aromatic rings. The molecule has 8 heteroatoms. The Balaban J connectivity index is 1.49. The molecule has 3 rings (SSSR count). The van der Waals surface area contributed by atoms with E-state index in [9.17, 15) is 9.59 Å². The van der Waals surface area contributed by atoms with E-state index in [1.54, 1.807) is 41.2 Å². The zero-order valence-electron chi connectivity index (χ0n) is 14.2. The van der Waals surface area contributed by atoms with E-state index in [0.29, 0.717) is 33.4 Å². The van der Waals surface area contributed by atoms with Crippen molar-refractivity contribution < 1.29 is 9.59 Å². The van der Waals surface area contributed by atoms with Gasteiger partial charge in [0.15, 0.2) is 0 Å². The lowest BCUT2D eigenvalue weighted by Crippen LogP contribution is -2.34. The molecule has 0 fully saturated rings. The van der Waals surface area contributed by atoms with Crippen LogP contribution in [0.25, 0.3) is 5.69 Å². The first-order valence-electron chi connectivity index (χ1n) is 8.16. The van der Waals surface area contributed by atoms with Gasteiger partial charge in [-0.15, -0.1) is 0 Å². The summed E-state index contributed by atoms with van der Waals surface area (Å²) in [7, 11) is 0. The van der Waals surface area contributed by atoms with Crippen LogP contribution in [-0.2, 0) is 0 Å². The van der Waals surface area contributed by atoms with Gasteiger partial charge in [0.05, 0.1) is 22.5 Å². The SMILES string of the molecule is O=C(NCCNC(=O)c1cnn(-c2ccccc2Cl)c1)c1ccc(Cl)cc1. The number of hydrogen-bond donors (Lipinski definition) is 2. The van der Waals surface area contributed by atoms with Gasteiger partial charge in [0.1, 0.15) is 0 Å². The van der Waals surface area contributed by atoms with Crippen LogP contribution in [0.1, 0.15) is 20.7 Å². The topological polar surface area (TPSA) is 76.0 Å². The minimum Gasteiger partial charge on any atom is -0.350 e. The van der Waals surface area contributed by atoms with Crippen molar-refractivity contribution in [2.45, 2.75) is 0 Å². The number of amides is 2. The highest BCUT2D eigenvalue weighted by Crippen LogP contribution is 2.19. The number of aromatic nitrogens is 2. The Hall–Kier alpha value is -2.83. The van der Waals surface area contributed by atoms with Crippen LogP contribution in [0, 0.1) is 0 Å². The fourth-order valence-electron chi connectivity index (χ4n) is 2.37. The van der Waals surface area contributed by atoms with Crippen LogP contribution < -0.4 is 10.6 Å². The molecule has 0 bridgehead atoms. The van der Waals surface area contributed by atoms with Crippen molar-refractivity contribution in [2.24, 2.45) is 0 Å². The Morgan fingerprint density at radius 2 is 1.52 bits per heavy atom. The number of carbonyl (C=O) groups excluding carboxylic acids is 2. The summed E-state index contributed by atoms with van der Waals surface area (Å²) in [5.41, 5.74) is 1.60. The van der Waals surface area contributed by atoms with Gasteiger partial charge in [0, 0.05) is 29.9 Å². The van der Waals surface area contributed by atoms with Crippen molar-refractivity contribution >= 4 is 35.0 Å². The largest absolute Gasteiger partial charge is 0.350 e. The lowest BCUT2D eigenvalue weighted by Gasteiger charge is -2.06. The van der Waals surface area contributed by atoms with E-state index in [-0.39, 0.29) is 18.4 Å². The zero-order chi connectivity index (χ0) is 19.2. The molecule has 2 amide bonds. The number of nitrogens with one attached hydrogen (secondary N) is 2. The van der Waals surface area contributed by atoms with Gasteiger partial charge < -0.3 is 10.6 Å². The van der Waals surface area contributed by atoms with Crippen molar-refractivity contribution in [1.82, 2.24) is 20.4 Å². The molecule has 0 unspecified atom stereocenters. The van der Waals surface area contributed by atoms with Crippen molar-refractivity contribution in [3.8, 4) is 5.69 Å². The molecule has 0 atom stereocenters. The second kappa shape index (κ2) is 8.70. The van der Waals surface area contributed by atoms with Crippen molar-refractivity contribution in [2.75, 3.05) is 13.1 Å². The highest BCUT2D eigenvalue weighted by molar-refractivity contribution is 6.32. The summed E-state index contributed by atoms with van der Waals surface area (Å²) in [6.07, 6.45) is 3.06. The number of benzene rings is 2. The molecule has 0 aliphatic rings. The number of rotatable bonds is 6. The van der Waals surface area contributed by atoms with Crippen molar-refractivity contribution in [3.63, 3.8) is 0 Å². The molecular formula is C19H16Cl2N4O2. The number of halogens is 2. The van der Waals surface area contributed by atoms with Crippen LogP contribution >= 0.6 is 23.2 Å². The highest BCUT2D eigenvalue weighted by atomic mass is 35.5. The zero-order valence-corrected chi connectivity index (χ0v) is 15.7. The molecule has 0 saturated heterocycles. The third kappa shape index (κ3) is 4.87. The van der Waals surface area contributed by atoms with Gasteiger partial charge in [-0.2, -0.15) is 5.10 Å². The Morgan fingerprint density at radius 1 is 0.889 bits per heavy atom. The Bertz CT molecular complexity index is 954. The summed E-state index contributed by atoms with van der Waals surface area (Å²) in [6.45, 7) is 0.585. The van der Waals surface area contributed by atoms with E-state index in [4.69, 9.17) is 23.2 Å². The fourth-order valence-corrected chi connectivity index (χ4v) is 2.72. The molecule has 27 heavy (non-hydrogen) atoms. The number of nitrogens with zero attached hydrogens (tertiary/aromatic N) is 2. The van der Waals surface area contributed by atoms with E-state index >= 15 is 0 Å². The summed E-state index contributed by atoms with van der Waals surface area (Å²) in [5.74, 6) is -0.512. The average Bonchev–Trinajstić information content (AvgIpc) is 3.16. The van der Waals surface area contributed by atoms with E-state index in [2.05, 4.69) is 15.7 Å². The second-order valence-electron chi connectivity index (χ2n) is 5.64. The maximum absolute atomic E-state index is 12.2. The number of para-hydroxylation sites is 1. The Labute approximate surface area is 166 Å². The molecule has 138 valence electrons. The number of hydrogen-bond acceptors (Lipinski definition) is 3. The molecule has 6 nitrogen and oxygen atoms in total. The van der Waals surface area contributed by atoms with Gasteiger partial charge in [0.25, 0.3) is 11.8 Å². The third-order valence-electron chi connectivity index (χ3n) is 3.75. The van der Waals surface area contributed by atoms with Crippen LogP contribution in [-0.4, -0.2) is 34.7 Å². The predicted molar refractivity (Wildman–Crippen MR) is 105 cm³/mol. The first-order valence-corrected chi connectivity index (χ1v) is 8.92. The van der Waals surface area contributed by atoms with Crippen LogP contribution in [0.5, 0.6) is 0 Å². The van der Waals surface area contributed by atoms with Gasteiger partial charge in [-0.05, 0) is 36.4 Å². The number of carbonyl (C=O) groups is 2. The molecule has 0 aliphatic carbocycles. The van der Waals surface area contributed by atoms with Crippen LogP contribution in [0.15, 0.2) is 60.9 Å². The molecule has 0 saturated carbocycles. The minimum atomic E-state index is -0.283. The molecule has 0 spiro atoms. The van der Waals surface area contributed by atoms with Crippen molar-refractivity contribution in [1.29, 1.82) is 0 Å². The quantitative estimate of drug-likeness (QED) is 0.620. The Morgan fingerprint density at radius 3 is 2.19 bits per heavy atom. The van der Waals surface area contributed by atoms with E-state index in [1.807, 2.05) is 18.2 Å². The minimum absolute atomic E-state index is 0.229. The molecule has 0 radical (unpaired) electrons. The Kier molecular flexibility index (Phi) is 6.11. The molecule has 2 N–H and O–H groups in total. The van der Waals surface area contributed by atoms with E-state index in [1.165, 1.54) is 6.20 Å². The third-order valence-corrected chi connectivity index (χ3v) is 4.32. The summed E-state index contributed by atoms with van der Waals surface area (Å²) < 4.78 is 1.54. The van der Waals surface area contributed by atoms with Gasteiger partial charge in [-0.3, -0.25) is 9.59 Å². The summed E-state index contributed by atoms with van der Waals surface area (Å²) in [4.78, 5) is 24.2. The van der Waals surface area contributed by atoms with E-state index < -0.39 is 0 Å². The first-order chi connectivity index (χ1) is 13.0. The van der Waals surface area contributed by atoms with Crippen molar-refractivity contribution in [3.05, 3.63) is 82.1 Å². The van der Waals surface area contributed by atoms with Crippen LogP contribution in [0.3, 0.4) is 0 Å². The second-order valence-corrected chi connectivity index (χ2v) is 6.49. The summed E-state index contributed by atoms with van der Waals surface area (Å²) >= 11 is 11.9. The highest BCUT2D eigenvalue weighted by Gasteiger charge is 2.11. The fraction of sp³-hybridized carbons (Fsp3) is 0.105. The molecule has 2 aromatic carbocycles. The van der Waals surface area contributed by atoms with Gasteiger partial charge >= 0.3 is 0 Å². The lowest BCUT2D eigenvalue weighted by atomic mass is 10.2.